The second kappa shape index (κ2) is 6.66. The predicted octanol–water partition coefficient (Wildman–Crippen LogP) is 2.98. The molecule has 0 atom stereocenters. The molecular weight excluding hydrogens is 323 g/mol. The Morgan fingerprint density at radius 2 is 2.00 bits per heavy atom. The third kappa shape index (κ3) is 3.77. The van der Waals surface area contributed by atoms with Gasteiger partial charge in [-0.25, -0.2) is 4.98 Å². The summed E-state index contributed by atoms with van der Waals surface area (Å²) in [4.78, 5) is 6.13. The monoisotopic (exact) mass is 341 g/mol. The highest BCUT2D eigenvalue weighted by molar-refractivity contribution is 5.41. The van der Waals surface area contributed by atoms with Crippen molar-refractivity contribution in [2.24, 2.45) is 0 Å². The van der Waals surface area contributed by atoms with Crippen LogP contribution in [0.25, 0.3) is 0 Å². The number of anilines is 1. The topological polar surface area (TPSA) is 56.1 Å². The minimum atomic E-state index is -4.70. The highest BCUT2D eigenvalue weighted by Crippen LogP contribution is 2.29. The van der Waals surface area contributed by atoms with Crippen molar-refractivity contribution in [1.82, 2.24) is 19.7 Å². The molecule has 2 aromatic heterocycles. The molecule has 9 heteroatoms. The Labute approximate surface area is 137 Å². The highest BCUT2D eigenvalue weighted by atomic mass is 19.4. The lowest BCUT2D eigenvalue weighted by molar-refractivity contribution is -0.274. The van der Waals surface area contributed by atoms with Gasteiger partial charge in [-0.2, -0.15) is 0 Å². The van der Waals surface area contributed by atoms with Crippen molar-refractivity contribution in [3.05, 3.63) is 30.5 Å². The Bertz CT molecular complexity index is 662. The smallest absolute Gasteiger partial charge is 0.404 e. The number of halogens is 3. The van der Waals surface area contributed by atoms with E-state index in [4.69, 9.17) is 0 Å². The van der Waals surface area contributed by atoms with E-state index in [1.165, 1.54) is 6.07 Å². The first-order chi connectivity index (χ1) is 11.5. The predicted molar refractivity (Wildman–Crippen MR) is 80.8 cm³/mol. The summed E-state index contributed by atoms with van der Waals surface area (Å²) in [6.45, 7) is 4.43. The Morgan fingerprint density at radius 3 is 2.58 bits per heavy atom. The fourth-order valence-electron chi connectivity index (χ4n) is 2.94. The molecule has 0 unspecified atom stereocenters. The Kier molecular flexibility index (Phi) is 4.59. The third-order valence-electron chi connectivity index (χ3n) is 4.12. The molecular formula is C15H18F3N5O. The highest BCUT2D eigenvalue weighted by Gasteiger charge is 2.31. The van der Waals surface area contributed by atoms with Crippen molar-refractivity contribution < 1.29 is 17.9 Å². The maximum Gasteiger partial charge on any atom is 0.573 e. The first-order valence-electron chi connectivity index (χ1n) is 7.80. The third-order valence-corrected chi connectivity index (χ3v) is 4.12. The molecule has 1 aliphatic rings. The molecule has 1 fully saturated rings. The van der Waals surface area contributed by atoms with E-state index in [1.807, 2.05) is 4.57 Å². The molecule has 1 aliphatic heterocycles. The summed E-state index contributed by atoms with van der Waals surface area (Å²) < 4.78 is 42.4. The zero-order chi connectivity index (χ0) is 17.2. The molecule has 130 valence electrons. The van der Waals surface area contributed by atoms with Crippen molar-refractivity contribution in [2.45, 2.75) is 38.6 Å². The Balaban J connectivity index is 1.60. The van der Waals surface area contributed by atoms with Crippen LogP contribution in [0.4, 0.5) is 19.0 Å². The van der Waals surface area contributed by atoms with Gasteiger partial charge in [0.2, 0.25) is 0 Å². The van der Waals surface area contributed by atoms with Crippen LogP contribution in [0.2, 0.25) is 0 Å². The molecule has 0 bridgehead atoms. The normalized spacial score (nSPS) is 16.4. The molecule has 1 saturated heterocycles. The van der Waals surface area contributed by atoms with E-state index in [-0.39, 0.29) is 5.75 Å². The fourth-order valence-corrected chi connectivity index (χ4v) is 2.94. The van der Waals surface area contributed by atoms with Crippen molar-refractivity contribution in [1.29, 1.82) is 0 Å². The average Bonchev–Trinajstić information content (AvgIpc) is 3.03. The number of alkyl halides is 3. The molecule has 0 amide bonds. The van der Waals surface area contributed by atoms with E-state index < -0.39 is 6.36 Å². The number of piperidine rings is 1. The largest absolute Gasteiger partial charge is 0.573 e. The van der Waals surface area contributed by atoms with Crippen LogP contribution in [0, 0.1) is 0 Å². The van der Waals surface area contributed by atoms with Gasteiger partial charge in [0.25, 0.3) is 0 Å². The first kappa shape index (κ1) is 16.5. The van der Waals surface area contributed by atoms with Crippen molar-refractivity contribution in [3.8, 4) is 5.75 Å². The minimum Gasteiger partial charge on any atom is -0.404 e. The molecule has 3 heterocycles. The molecule has 0 aromatic carbocycles. The Hall–Kier alpha value is -2.32. The van der Waals surface area contributed by atoms with Crippen LogP contribution in [-0.2, 0) is 6.54 Å². The van der Waals surface area contributed by atoms with Gasteiger partial charge in [0.15, 0.2) is 0 Å². The zero-order valence-corrected chi connectivity index (χ0v) is 13.2. The lowest BCUT2D eigenvalue weighted by Gasteiger charge is -2.32. The summed E-state index contributed by atoms with van der Waals surface area (Å²) in [5.41, 5.74) is 0. The van der Waals surface area contributed by atoms with Crippen molar-refractivity contribution in [2.75, 3.05) is 18.0 Å². The van der Waals surface area contributed by atoms with Gasteiger partial charge in [-0.1, -0.05) is 0 Å². The second-order valence-corrected chi connectivity index (χ2v) is 5.64. The van der Waals surface area contributed by atoms with E-state index in [1.54, 1.807) is 12.4 Å². The van der Waals surface area contributed by atoms with E-state index in [0.29, 0.717) is 11.7 Å². The van der Waals surface area contributed by atoms with Gasteiger partial charge in [-0.05, 0) is 31.9 Å². The van der Waals surface area contributed by atoms with Crippen LogP contribution in [0.5, 0.6) is 5.75 Å². The fraction of sp³-hybridized carbons (Fsp3) is 0.533. The summed E-state index contributed by atoms with van der Waals surface area (Å²) in [7, 11) is 0. The van der Waals surface area contributed by atoms with Crippen molar-refractivity contribution >= 4 is 5.82 Å². The number of aromatic nitrogens is 4. The van der Waals surface area contributed by atoms with Gasteiger partial charge in [-0.15, -0.1) is 23.4 Å². The standard InChI is InChI=1S/C15H18F3N5O/c1-2-22-10-20-21-14(22)11-5-7-23(8-6-11)13-4-3-12(9-19-13)24-15(16,17)18/h3-4,9-11H,2,5-8H2,1H3. The number of ether oxygens (including phenoxy) is 1. The zero-order valence-electron chi connectivity index (χ0n) is 13.2. The summed E-state index contributed by atoms with van der Waals surface area (Å²) in [5, 5.41) is 8.18. The van der Waals surface area contributed by atoms with E-state index in [0.717, 1.165) is 44.5 Å². The van der Waals surface area contributed by atoms with Gasteiger partial charge in [0.1, 0.15) is 23.7 Å². The number of nitrogens with zero attached hydrogens (tertiary/aromatic N) is 5. The van der Waals surface area contributed by atoms with Crippen LogP contribution in [0.15, 0.2) is 24.7 Å². The minimum absolute atomic E-state index is 0.308. The lowest BCUT2D eigenvalue weighted by Crippen LogP contribution is -2.34. The van der Waals surface area contributed by atoms with Crippen LogP contribution in [0.3, 0.4) is 0 Å². The first-order valence-corrected chi connectivity index (χ1v) is 7.80. The number of pyridine rings is 1. The van der Waals surface area contributed by atoms with E-state index in [2.05, 4.69) is 31.7 Å². The van der Waals surface area contributed by atoms with E-state index in [9.17, 15) is 13.2 Å². The SMILES string of the molecule is CCn1cnnc1C1CCN(c2ccc(OC(F)(F)F)cn2)CC1. The maximum atomic E-state index is 12.2. The van der Waals surface area contributed by atoms with Gasteiger partial charge in [-0.3, -0.25) is 0 Å². The number of aryl methyl sites for hydroxylation is 1. The molecule has 3 rings (SSSR count). The maximum absolute atomic E-state index is 12.2. The van der Waals surface area contributed by atoms with Crippen LogP contribution in [0.1, 0.15) is 31.5 Å². The van der Waals surface area contributed by atoms with Gasteiger partial charge >= 0.3 is 6.36 Å². The van der Waals surface area contributed by atoms with Crippen LogP contribution >= 0.6 is 0 Å². The van der Waals surface area contributed by atoms with Crippen LogP contribution < -0.4 is 9.64 Å². The molecule has 6 nitrogen and oxygen atoms in total. The summed E-state index contributed by atoms with van der Waals surface area (Å²) in [5.74, 6) is 1.69. The summed E-state index contributed by atoms with van der Waals surface area (Å²) in [6.07, 6.45) is -0.0512. The van der Waals surface area contributed by atoms with Crippen LogP contribution in [-0.4, -0.2) is 39.2 Å². The summed E-state index contributed by atoms with van der Waals surface area (Å²) in [6, 6.07) is 2.84. The average molecular weight is 341 g/mol. The number of hydrogen-bond acceptors (Lipinski definition) is 5. The Morgan fingerprint density at radius 1 is 1.25 bits per heavy atom. The van der Waals surface area contributed by atoms with Crippen molar-refractivity contribution in [3.63, 3.8) is 0 Å². The molecule has 0 saturated carbocycles. The quantitative estimate of drug-likeness (QED) is 0.856. The van der Waals surface area contributed by atoms with Gasteiger partial charge < -0.3 is 14.2 Å². The molecule has 0 aliphatic carbocycles. The van der Waals surface area contributed by atoms with Gasteiger partial charge in [0, 0.05) is 25.6 Å². The van der Waals surface area contributed by atoms with E-state index >= 15 is 0 Å². The summed E-state index contributed by atoms with van der Waals surface area (Å²) >= 11 is 0. The number of rotatable bonds is 4. The molecule has 0 N–H and O–H groups in total. The molecule has 0 spiro atoms. The molecule has 24 heavy (non-hydrogen) atoms. The van der Waals surface area contributed by atoms with Gasteiger partial charge in [0.05, 0.1) is 6.20 Å². The molecule has 2 aromatic rings. The molecule has 0 radical (unpaired) electrons. The second-order valence-electron chi connectivity index (χ2n) is 5.64. The number of hydrogen-bond donors (Lipinski definition) is 0. The lowest BCUT2D eigenvalue weighted by atomic mass is 9.96.